The van der Waals surface area contributed by atoms with Crippen LogP contribution in [0.3, 0.4) is 0 Å². The van der Waals surface area contributed by atoms with E-state index in [0.29, 0.717) is 11.3 Å². The van der Waals surface area contributed by atoms with Crippen LogP contribution >= 0.6 is 0 Å². The van der Waals surface area contributed by atoms with E-state index in [1.165, 1.54) is 11.1 Å². The third kappa shape index (κ3) is 3.15. The molecule has 3 aliphatic carbocycles. The van der Waals surface area contributed by atoms with Gasteiger partial charge in [0, 0.05) is 24.2 Å². The number of carbonyl (C=O) groups is 3. The Balaban J connectivity index is 1.93. The van der Waals surface area contributed by atoms with Gasteiger partial charge in [0.1, 0.15) is 22.8 Å². The summed E-state index contributed by atoms with van der Waals surface area (Å²) in [5.74, 6) is -6.67. The maximum absolute atomic E-state index is 13.7. The zero-order valence-electron chi connectivity index (χ0n) is 19.4. The van der Waals surface area contributed by atoms with Gasteiger partial charge in [0.15, 0.2) is 11.4 Å². The Hall–Kier alpha value is -3.28. The molecule has 0 unspecified atom stereocenters. The average molecular weight is 472 g/mol. The molecule has 0 aliphatic heterocycles. The largest absolute Gasteiger partial charge is 0.508 e. The quantitative estimate of drug-likeness (QED) is 0.356. The van der Waals surface area contributed by atoms with Crippen LogP contribution in [0.15, 0.2) is 23.1 Å². The number of rotatable bonds is 4. The highest BCUT2D eigenvalue weighted by atomic mass is 16.3. The maximum atomic E-state index is 13.7. The Labute approximate surface area is 195 Å². The van der Waals surface area contributed by atoms with Crippen LogP contribution in [0, 0.1) is 11.8 Å². The molecule has 11 heteroatoms. The van der Waals surface area contributed by atoms with Gasteiger partial charge in [0.25, 0.3) is 5.91 Å². The van der Waals surface area contributed by atoms with E-state index in [4.69, 9.17) is 5.73 Å². The number of aliphatic hydroxyl groups excluding tert-OH is 2. The lowest BCUT2D eigenvalue weighted by atomic mass is 9.57. The second kappa shape index (κ2) is 7.90. The number of aromatic nitrogens is 1. The van der Waals surface area contributed by atoms with E-state index in [1.54, 1.807) is 33.1 Å². The first-order chi connectivity index (χ1) is 15.8. The fraction of sp³-hybridized carbons (Fsp3) is 0.478. The van der Waals surface area contributed by atoms with E-state index in [-0.39, 0.29) is 36.3 Å². The first kappa shape index (κ1) is 23.9. The van der Waals surface area contributed by atoms with E-state index < -0.39 is 58.0 Å². The Bertz CT molecular complexity index is 1190. The number of likely N-dealkylation sites (N-methyl/N-ethyl adjacent to an activating group) is 1. The number of hydrogen-bond donors (Lipinski definition) is 5. The van der Waals surface area contributed by atoms with E-state index in [1.807, 2.05) is 0 Å². The summed E-state index contributed by atoms with van der Waals surface area (Å²) in [4.78, 5) is 46.3. The van der Waals surface area contributed by atoms with E-state index in [2.05, 4.69) is 4.98 Å². The van der Waals surface area contributed by atoms with Crippen molar-refractivity contribution in [2.45, 2.75) is 31.0 Å². The lowest BCUT2D eigenvalue weighted by molar-refractivity contribution is -0.153. The highest BCUT2D eigenvalue weighted by molar-refractivity contribution is 6.24. The average Bonchev–Trinajstić information content (AvgIpc) is 2.72. The summed E-state index contributed by atoms with van der Waals surface area (Å²) in [5.41, 5.74) is 2.52. The zero-order chi connectivity index (χ0) is 25.3. The Morgan fingerprint density at radius 3 is 2.41 bits per heavy atom. The number of aromatic hydroxyl groups is 1. The molecule has 0 saturated heterocycles. The summed E-state index contributed by atoms with van der Waals surface area (Å²) in [6.45, 7) is 0.281. The molecule has 1 aromatic heterocycles. The number of Topliss-reactive ketones (excluding diaryl/α,β-unsaturated/α-hetero) is 2. The molecule has 4 atom stereocenters. The fourth-order valence-corrected chi connectivity index (χ4v) is 5.56. The van der Waals surface area contributed by atoms with Gasteiger partial charge in [-0.15, -0.1) is 0 Å². The molecule has 3 aliphatic rings. The second-order valence-electron chi connectivity index (χ2n) is 9.65. The molecule has 0 radical (unpaired) electrons. The number of hydrogen-bond acceptors (Lipinski definition) is 10. The van der Waals surface area contributed by atoms with Gasteiger partial charge in [0.05, 0.1) is 17.3 Å². The predicted molar refractivity (Wildman–Crippen MR) is 119 cm³/mol. The van der Waals surface area contributed by atoms with Crippen molar-refractivity contribution in [3.05, 3.63) is 39.9 Å². The van der Waals surface area contributed by atoms with Gasteiger partial charge in [-0.2, -0.15) is 0 Å². The van der Waals surface area contributed by atoms with Crippen molar-refractivity contribution >= 4 is 23.2 Å². The van der Waals surface area contributed by atoms with Crippen LogP contribution in [0.1, 0.15) is 23.2 Å². The number of aliphatic hydroxyl groups is 3. The maximum Gasteiger partial charge on any atom is 0.255 e. The normalized spacial score (nSPS) is 28.9. The topological polar surface area (TPSA) is 178 Å². The van der Waals surface area contributed by atoms with Crippen molar-refractivity contribution in [1.82, 2.24) is 14.8 Å². The number of nitrogens with two attached hydrogens (primary N) is 1. The number of primary amides is 1. The van der Waals surface area contributed by atoms with Gasteiger partial charge >= 0.3 is 0 Å². The van der Waals surface area contributed by atoms with Crippen molar-refractivity contribution in [2.24, 2.45) is 17.6 Å². The van der Waals surface area contributed by atoms with Gasteiger partial charge in [-0.1, -0.05) is 0 Å². The van der Waals surface area contributed by atoms with Crippen molar-refractivity contribution in [3.8, 4) is 5.75 Å². The first-order valence-corrected chi connectivity index (χ1v) is 10.8. The van der Waals surface area contributed by atoms with Crippen LogP contribution in [-0.2, 0) is 27.3 Å². The highest BCUT2D eigenvalue weighted by Gasteiger charge is 2.64. The molecule has 1 aromatic rings. The molecule has 0 aromatic carbocycles. The van der Waals surface area contributed by atoms with Gasteiger partial charge in [0.2, 0.25) is 5.78 Å². The number of amides is 1. The van der Waals surface area contributed by atoms with Gasteiger partial charge in [-0.3, -0.25) is 24.3 Å². The smallest absolute Gasteiger partial charge is 0.255 e. The van der Waals surface area contributed by atoms with Crippen LogP contribution in [-0.4, -0.2) is 92.5 Å². The highest BCUT2D eigenvalue weighted by Crippen LogP contribution is 2.52. The summed E-state index contributed by atoms with van der Waals surface area (Å²) in [5, 5.41) is 44.3. The van der Waals surface area contributed by atoms with Gasteiger partial charge in [-0.05, 0) is 52.5 Å². The zero-order valence-corrected chi connectivity index (χ0v) is 19.4. The van der Waals surface area contributed by atoms with Crippen LogP contribution in [0.25, 0.3) is 5.76 Å². The van der Waals surface area contributed by atoms with Crippen molar-refractivity contribution in [1.29, 1.82) is 0 Å². The van der Waals surface area contributed by atoms with Gasteiger partial charge in [-0.25, -0.2) is 0 Å². The van der Waals surface area contributed by atoms with Gasteiger partial charge < -0.3 is 31.1 Å². The summed E-state index contributed by atoms with van der Waals surface area (Å²) in [7, 11) is 6.68. The molecule has 0 spiro atoms. The fourth-order valence-electron chi connectivity index (χ4n) is 5.56. The molecule has 11 nitrogen and oxygen atoms in total. The second-order valence-corrected chi connectivity index (χ2v) is 9.65. The minimum Gasteiger partial charge on any atom is -0.508 e. The van der Waals surface area contributed by atoms with Crippen molar-refractivity contribution in [3.63, 3.8) is 0 Å². The molecule has 1 fully saturated rings. The first-order valence-electron chi connectivity index (χ1n) is 10.8. The Kier molecular flexibility index (Phi) is 5.54. The molecular weight excluding hydrogens is 444 g/mol. The molecule has 4 rings (SSSR count). The number of pyridine rings is 1. The number of fused-ring (bicyclic) bond motifs is 3. The van der Waals surface area contributed by atoms with Crippen LogP contribution in [0.4, 0.5) is 0 Å². The van der Waals surface area contributed by atoms with Crippen molar-refractivity contribution < 1.29 is 34.8 Å². The van der Waals surface area contributed by atoms with E-state index >= 15 is 0 Å². The monoisotopic (exact) mass is 472 g/mol. The minimum atomic E-state index is -2.64. The molecule has 1 saturated carbocycles. The lowest BCUT2D eigenvalue weighted by Crippen LogP contribution is -2.65. The summed E-state index contributed by atoms with van der Waals surface area (Å²) in [6, 6.07) is -1.11. The minimum absolute atomic E-state index is 0.0446. The number of carbonyl (C=O) groups excluding carboxylic acids is 3. The Morgan fingerprint density at radius 1 is 1.21 bits per heavy atom. The molecule has 34 heavy (non-hydrogen) atoms. The molecule has 1 amide bonds. The summed E-state index contributed by atoms with van der Waals surface area (Å²) in [6.07, 6.45) is 1.80. The standard InChI is InChI=1S/C23H28N4O7/c1-26(2)8-12-17(28)13-10(7-25-12)5-9-6-11-16(27(3)4)19(30)15(22(24)33)21(32)23(11,34)20(31)14(9)18(13)29/h7,9,11,16,28-29,32,34H,5-6,8H2,1-4H3,(H2,24,33)/t9-,11-,16-,23-/m0/s1. The number of ketones is 2. The van der Waals surface area contributed by atoms with Crippen LogP contribution in [0.5, 0.6) is 5.75 Å². The lowest BCUT2D eigenvalue weighted by Gasteiger charge is -2.50. The van der Waals surface area contributed by atoms with Crippen LogP contribution < -0.4 is 5.73 Å². The predicted octanol–water partition coefficient (Wildman–Crippen LogP) is -0.579. The molecular formula is C23H28N4O7. The summed E-state index contributed by atoms with van der Waals surface area (Å²) >= 11 is 0. The summed E-state index contributed by atoms with van der Waals surface area (Å²) < 4.78 is 0. The molecule has 0 bridgehead atoms. The van der Waals surface area contributed by atoms with E-state index in [0.717, 1.165) is 0 Å². The van der Waals surface area contributed by atoms with Crippen LogP contribution in [0.2, 0.25) is 0 Å². The molecule has 1 heterocycles. The third-order valence-corrected chi connectivity index (χ3v) is 7.00. The van der Waals surface area contributed by atoms with Crippen molar-refractivity contribution in [2.75, 3.05) is 28.2 Å². The molecule has 182 valence electrons. The molecule has 6 N–H and O–H groups in total. The third-order valence-electron chi connectivity index (χ3n) is 7.00. The van der Waals surface area contributed by atoms with E-state index in [9.17, 15) is 34.8 Å². The Morgan fingerprint density at radius 2 is 1.85 bits per heavy atom. The number of nitrogens with zero attached hydrogens (tertiary/aromatic N) is 3. The SMILES string of the molecule is CN(C)Cc1ncc2c(c1O)C(O)=C1C(=O)[C@]3(O)C(O)=C(C(N)=O)C(=O)[C@@H](N(C)C)[C@@H]3C[C@@H]1C2.